The lowest BCUT2D eigenvalue weighted by Crippen LogP contribution is -2.30. The molecule has 3 nitrogen and oxygen atoms in total. The van der Waals surface area contributed by atoms with Crippen LogP contribution in [0.5, 0.6) is 0 Å². The Morgan fingerprint density at radius 1 is 1.50 bits per heavy atom. The van der Waals surface area contributed by atoms with Crippen molar-refractivity contribution in [2.24, 2.45) is 0 Å². The Kier molecular flexibility index (Phi) is 3.25. The van der Waals surface area contributed by atoms with Gasteiger partial charge < -0.3 is 10.0 Å². The largest absolute Gasteiger partial charge is 0.391 e. The van der Waals surface area contributed by atoms with Gasteiger partial charge in [0.25, 0.3) is 5.91 Å². The van der Waals surface area contributed by atoms with Crippen molar-refractivity contribution in [3.05, 3.63) is 35.4 Å². The first-order valence-electron chi connectivity index (χ1n) is 5.77. The molecule has 0 spiro atoms. The average molecular weight is 219 g/mol. The average Bonchev–Trinajstić information content (AvgIpc) is 2.75. The van der Waals surface area contributed by atoms with Crippen LogP contribution in [0.2, 0.25) is 0 Å². The summed E-state index contributed by atoms with van der Waals surface area (Å²) in [5, 5.41) is 9.43. The second-order valence-corrected chi connectivity index (χ2v) is 4.20. The molecule has 1 fully saturated rings. The quantitative estimate of drug-likeness (QED) is 0.818. The van der Waals surface area contributed by atoms with Gasteiger partial charge in [-0.25, -0.2) is 0 Å². The summed E-state index contributed by atoms with van der Waals surface area (Å²) in [7, 11) is 0. The lowest BCUT2D eigenvalue weighted by molar-refractivity contribution is 0.0764. The summed E-state index contributed by atoms with van der Waals surface area (Å²) in [6, 6.07) is 7.69. The highest BCUT2D eigenvalue weighted by atomic mass is 16.3. The Labute approximate surface area is 95.7 Å². The van der Waals surface area contributed by atoms with Gasteiger partial charge >= 0.3 is 0 Å². The van der Waals surface area contributed by atoms with Crippen LogP contribution in [0.1, 0.15) is 29.3 Å². The van der Waals surface area contributed by atoms with Gasteiger partial charge in [0, 0.05) is 18.7 Å². The third-order valence-electron chi connectivity index (χ3n) is 3.08. The van der Waals surface area contributed by atoms with Gasteiger partial charge in [0.1, 0.15) is 0 Å². The molecule has 0 aromatic heterocycles. The molecule has 86 valence electrons. The van der Waals surface area contributed by atoms with Crippen molar-refractivity contribution < 1.29 is 9.90 Å². The standard InChI is InChI=1S/C13H17NO2/c1-2-10-5-3-4-6-12(10)13(16)14-8-7-11(15)9-14/h3-6,11,15H,2,7-9H2,1H3/t11-/m1/s1. The molecule has 0 radical (unpaired) electrons. The predicted molar refractivity (Wildman–Crippen MR) is 62.3 cm³/mol. The summed E-state index contributed by atoms with van der Waals surface area (Å²) in [4.78, 5) is 13.9. The number of aryl methyl sites for hydroxylation is 1. The van der Waals surface area contributed by atoms with E-state index in [1.807, 2.05) is 31.2 Å². The van der Waals surface area contributed by atoms with Crippen LogP contribution >= 0.6 is 0 Å². The molecule has 0 unspecified atom stereocenters. The van der Waals surface area contributed by atoms with Gasteiger partial charge in [0.05, 0.1) is 6.10 Å². The molecule has 16 heavy (non-hydrogen) atoms. The van der Waals surface area contributed by atoms with Crippen LogP contribution < -0.4 is 0 Å². The second kappa shape index (κ2) is 4.66. The number of aliphatic hydroxyl groups excluding tert-OH is 1. The zero-order valence-corrected chi connectivity index (χ0v) is 9.52. The molecule has 1 saturated heterocycles. The third kappa shape index (κ3) is 2.09. The Balaban J connectivity index is 2.20. The summed E-state index contributed by atoms with van der Waals surface area (Å²) in [5.41, 5.74) is 1.85. The number of aliphatic hydroxyl groups is 1. The van der Waals surface area contributed by atoms with Gasteiger partial charge in [-0.1, -0.05) is 25.1 Å². The zero-order chi connectivity index (χ0) is 11.5. The Morgan fingerprint density at radius 2 is 2.25 bits per heavy atom. The third-order valence-corrected chi connectivity index (χ3v) is 3.08. The lowest BCUT2D eigenvalue weighted by Gasteiger charge is -2.17. The minimum Gasteiger partial charge on any atom is -0.391 e. The van der Waals surface area contributed by atoms with E-state index in [1.165, 1.54) is 0 Å². The van der Waals surface area contributed by atoms with Gasteiger partial charge in [-0.3, -0.25) is 4.79 Å². The number of carbonyl (C=O) groups excluding carboxylic acids is 1. The number of nitrogens with zero attached hydrogens (tertiary/aromatic N) is 1. The van der Waals surface area contributed by atoms with Gasteiger partial charge in [-0.15, -0.1) is 0 Å². The molecule has 0 saturated carbocycles. The second-order valence-electron chi connectivity index (χ2n) is 4.20. The highest BCUT2D eigenvalue weighted by Crippen LogP contribution is 2.16. The number of hydrogen-bond acceptors (Lipinski definition) is 2. The fraction of sp³-hybridized carbons (Fsp3) is 0.462. The molecule has 1 aromatic rings. The minimum atomic E-state index is -0.349. The molecule has 1 heterocycles. The molecule has 3 heteroatoms. The van der Waals surface area contributed by atoms with Crippen LogP contribution in [0.25, 0.3) is 0 Å². The Hall–Kier alpha value is -1.35. The van der Waals surface area contributed by atoms with E-state index in [9.17, 15) is 9.90 Å². The van der Waals surface area contributed by atoms with Crippen molar-refractivity contribution >= 4 is 5.91 Å². The van der Waals surface area contributed by atoms with E-state index in [0.29, 0.717) is 19.5 Å². The topological polar surface area (TPSA) is 40.5 Å². The van der Waals surface area contributed by atoms with Gasteiger partial charge in [0.15, 0.2) is 0 Å². The van der Waals surface area contributed by atoms with Crippen molar-refractivity contribution in [1.29, 1.82) is 0 Å². The fourth-order valence-electron chi connectivity index (χ4n) is 2.13. The first-order chi connectivity index (χ1) is 7.72. The van der Waals surface area contributed by atoms with Gasteiger partial charge in [0.2, 0.25) is 0 Å². The predicted octanol–water partition coefficient (Wildman–Crippen LogP) is 1.46. The first kappa shape index (κ1) is 11.1. The van der Waals surface area contributed by atoms with Crippen LogP contribution in [-0.2, 0) is 6.42 Å². The van der Waals surface area contributed by atoms with E-state index >= 15 is 0 Å². The van der Waals surface area contributed by atoms with Crippen molar-refractivity contribution in [3.8, 4) is 0 Å². The maximum Gasteiger partial charge on any atom is 0.254 e. The zero-order valence-electron chi connectivity index (χ0n) is 9.52. The SMILES string of the molecule is CCc1ccccc1C(=O)N1CC[C@@H](O)C1. The van der Waals surface area contributed by atoms with E-state index in [4.69, 9.17) is 0 Å². The summed E-state index contributed by atoms with van der Waals surface area (Å²) in [6.45, 7) is 3.18. The van der Waals surface area contributed by atoms with Crippen molar-refractivity contribution in [3.63, 3.8) is 0 Å². The molecule has 1 aliphatic heterocycles. The maximum atomic E-state index is 12.2. The Bertz CT molecular complexity index is 389. The normalized spacial score (nSPS) is 20.1. The van der Waals surface area contributed by atoms with Crippen LogP contribution in [0.3, 0.4) is 0 Å². The molecule has 0 aliphatic carbocycles. The molecule has 1 aliphatic rings. The van der Waals surface area contributed by atoms with E-state index in [0.717, 1.165) is 17.5 Å². The first-order valence-corrected chi connectivity index (χ1v) is 5.77. The minimum absolute atomic E-state index is 0.0500. The monoisotopic (exact) mass is 219 g/mol. The highest BCUT2D eigenvalue weighted by Gasteiger charge is 2.26. The lowest BCUT2D eigenvalue weighted by atomic mass is 10.0. The fourth-order valence-corrected chi connectivity index (χ4v) is 2.13. The molecule has 1 atom stereocenters. The van der Waals surface area contributed by atoms with Crippen molar-refractivity contribution in [2.45, 2.75) is 25.9 Å². The molecular formula is C13H17NO2. The van der Waals surface area contributed by atoms with E-state index in [2.05, 4.69) is 0 Å². The summed E-state index contributed by atoms with van der Waals surface area (Å²) in [5.74, 6) is 0.0500. The number of amides is 1. The van der Waals surface area contributed by atoms with E-state index in [-0.39, 0.29) is 12.0 Å². The maximum absolute atomic E-state index is 12.2. The van der Waals surface area contributed by atoms with Crippen molar-refractivity contribution in [2.75, 3.05) is 13.1 Å². The Morgan fingerprint density at radius 3 is 2.88 bits per heavy atom. The summed E-state index contributed by atoms with van der Waals surface area (Å²) in [6.07, 6.45) is 1.20. The highest BCUT2D eigenvalue weighted by molar-refractivity contribution is 5.95. The van der Waals surface area contributed by atoms with Gasteiger partial charge in [-0.05, 0) is 24.5 Å². The number of rotatable bonds is 2. The number of benzene rings is 1. The number of hydrogen-bond donors (Lipinski definition) is 1. The number of carbonyl (C=O) groups is 1. The number of likely N-dealkylation sites (tertiary alicyclic amines) is 1. The number of β-amino-alcohol motifs (C(OH)–C–C–N with tert-alkyl or cyclic N) is 1. The van der Waals surface area contributed by atoms with E-state index < -0.39 is 0 Å². The van der Waals surface area contributed by atoms with Gasteiger partial charge in [-0.2, -0.15) is 0 Å². The molecule has 2 rings (SSSR count). The molecule has 1 N–H and O–H groups in total. The van der Waals surface area contributed by atoms with Crippen LogP contribution in [0, 0.1) is 0 Å². The smallest absolute Gasteiger partial charge is 0.254 e. The van der Waals surface area contributed by atoms with Crippen LogP contribution in [0.4, 0.5) is 0 Å². The summed E-state index contributed by atoms with van der Waals surface area (Å²) >= 11 is 0. The van der Waals surface area contributed by atoms with Crippen LogP contribution in [0.15, 0.2) is 24.3 Å². The van der Waals surface area contributed by atoms with E-state index in [1.54, 1.807) is 4.90 Å². The van der Waals surface area contributed by atoms with Crippen molar-refractivity contribution in [1.82, 2.24) is 4.90 Å². The summed E-state index contributed by atoms with van der Waals surface area (Å²) < 4.78 is 0. The molecular weight excluding hydrogens is 202 g/mol. The molecule has 1 aromatic carbocycles. The molecule has 0 bridgehead atoms. The molecule has 1 amide bonds. The van der Waals surface area contributed by atoms with Crippen LogP contribution in [-0.4, -0.2) is 35.1 Å².